The molecular formula is C28H37N5O8. The van der Waals surface area contributed by atoms with Crippen LogP contribution in [0.3, 0.4) is 0 Å². The Morgan fingerprint density at radius 2 is 1.73 bits per heavy atom. The van der Waals surface area contributed by atoms with Gasteiger partial charge in [0.15, 0.2) is 11.4 Å². The summed E-state index contributed by atoms with van der Waals surface area (Å²) in [7, 11) is 9.95. The predicted octanol–water partition coefficient (Wildman–Crippen LogP) is -0.636. The van der Waals surface area contributed by atoms with Gasteiger partial charge in [0.2, 0.25) is 11.7 Å². The fourth-order valence-corrected chi connectivity index (χ4v) is 6.35. The third-order valence-electron chi connectivity index (χ3n) is 8.35. The second kappa shape index (κ2) is 10.5. The van der Waals surface area contributed by atoms with Crippen LogP contribution < -0.4 is 16.0 Å². The molecular weight excluding hydrogens is 534 g/mol. The number of aliphatic hydroxyl groups excluding tert-OH is 2. The summed E-state index contributed by atoms with van der Waals surface area (Å²) in [6.07, 6.45) is 0.192. The van der Waals surface area contributed by atoms with Crippen molar-refractivity contribution in [2.75, 3.05) is 53.7 Å². The minimum Gasteiger partial charge on any atom is -0.510 e. The zero-order valence-electron chi connectivity index (χ0n) is 24.0. The van der Waals surface area contributed by atoms with E-state index in [2.05, 4.69) is 5.32 Å². The van der Waals surface area contributed by atoms with E-state index in [0.29, 0.717) is 16.8 Å². The molecule has 222 valence electrons. The third kappa shape index (κ3) is 4.53. The highest BCUT2D eigenvalue weighted by molar-refractivity contribution is 6.25. The number of nitrogens with zero attached hydrogens (tertiary/aromatic N) is 3. The van der Waals surface area contributed by atoms with Gasteiger partial charge in [-0.05, 0) is 44.5 Å². The lowest BCUT2D eigenvalue weighted by Crippen LogP contribution is -2.63. The lowest BCUT2D eigenvalue weighted by molar-refractivity contribution is -0.148. The van der Waals surface area contributed by atoms with Gasteiger partial charge in [-0.2, -0.15) is 0 Å². The molecule has 4 rings (SSSR count). The Hall–Kier alpha value is -3.94. The first-order chi connectivity index (χ1) is 19.0. The molecule has 7 N–H and O–H groups in total. The zero-order valence-corrected chi connectivity index (χ0v) is 24.0. The number of hydrogen-bond donors (Lipinski definition) is 6. The van der Waals surface area contributed by atoms with E-state index in [1.807, 2.05) is 0 Å². The van der Waals surface area contributed by atoms with Crippen molar-refractivity contribution in [2.24, 2.45) is 17.6 Å². The van der Waals surface area contributed by atoms with E-state index in [0.717, 1.165) is 0 Å². The number of Topliss-reactive ketones (excluding diaryl/α,β-unsaturated/α-hetero) is 2. The molecule has 2 amide bonds. The van der Waals surface area contributed by atoms with Gasteiger partial charge < -0.3 is 41.3 Å². The average Bonchev–Trinajstić information content (AvgIpc) is 2.86. The molecule has 0 aliphatic heterocycles. The number of phenols is 1. The maximum atomic E-state index is 14.0. The molecule has 0 heterocycles. The summed E-state index contributed by atoms with van der Waals surface area (Å²) in [5.74, 6) is -7.13. The molecule has 3 aliphatic carbocycles. The highest BCUT2D eigenvalue weighted by Gasteiger charge is 2.63. The molecule has 4 atom stereocenters. The highest BCUT2D eigenvalue weighted by Crippen LogP contribution is 2.53. The molecule has 3 aliphatic rings. The molecule has 0 spiro atoms. The standard InChI is InChI=1S/C28H37N5O8/c1-31(2)16-9-13(10-30-11-17(34)32(3)4)22(35)19-14(16)7-12-8-15-21(33(5)6)24(37)20(27(29)40)26(39)28(15,41)25(38)18(12)23(19)36/h9,12,15,21,30,35,37-38,41H,7-8,10-11H2,1-6H3,(H2,29,40)/t12-,15-,21-,28-/m0/s1. The van der Waals surface area contributed by atoms with Crippen LogP contribution in [0.5, 0.6) is 5.75 Å². The number of benzene rings is 1. The molecule has 0 saturated heterocycles. The van der Waals surface area contributed by atoms with Crippen molar-refractivity contribution in [3.8, 4) is 5.75 Å². The largest absolute Gasteiger partial charge is 0.510 e. The van der Waals surface area contributed by atoms with Crippen LogP contribution >= 0.6 is 0 Å². The van der Waals surface area contributed by atoms with Gasteiger partial charge in [0.05, 0.1) is 18.2 Å². The number of primary amides is 1. The Morgan fingerprint density at radius 1 is 1.10 bits per heavy atom. The van der Waals surface area contributed by atoms with Crippen molar-refractivity contribution < 1.29 is 39.6 Å². The number of hydrogen-bond acceptors (Lipinski definition) is 11. The van der Waals surface area contributed by atoms with E-state index in [1.165, 1.54) is 9.80 Å². The van der Waals surface area contributed by atoms with Crippen LogP contribution in [0.2, 0.25) is 0 Å². The van der Waals surface area contributed by atoms with E-state index < -0.39 is 58.0 Å². The van der Waals surface area contributed by atoms with Gasteiger partial charge in [-0.1, -0.05) is 0 Å². The topological polar surface area (TPSA) is 197 Å². The number of likely N-dealkylation sites (N-methyl/N-ethyl adjacent to an activating group) is 2. The Balaban J connectivity index is 1.87. The summed E-state index contributed by atoms with van der Waals surface area (Å²) < 4.78 is 0. The molecule has 13 nitrogen and oxygen atoms in total. The van der Waals surface area contributed by atoms with Gasteiger partial charge >= 0.3 is 0 Å². The van der Waals surface area contributed by atoms with Crippen molar-refractivity contribution in [1.82, 2.24) is 15.1 Å². The van der Waals surface area contributed by atoms with Gasteiger partial charge in [0.25, 0.3) is 5.91 Å². The average molecular weight is 572 g/mol. The Morgan fingerprint density at radius 3 is 2.27 bits per heavy atom. The van der Waals surface area contributed by atoms with Crippen LogP contribution in [-0.2, 0) is 27.3 Å². The summed E-state index contributed by atoms with van der Waals surface area (Å²) >= 11 is 0. The first-order valence-electron chi connectivity index (χ1n) is 13.2. The van der Waals surface area contributed by atoms with Gasteiger partial charge in [0, 0.05) is 57.5 Å². The number of ketones is 2. The van der Waals surface area contributed by atoms with E-state index in [4.69, 9.17) is 5.73 Å². The molecule has 0 bridgehead atoms. The molecule has 41 heavy (non-hydrogen) atoms. The van der Waals surface area contributed by atoms with E-state index in [-0.39, 0.29) is 48.7 Å². The fourth-order valence-electron chi connectivity index (χ4n) is 6.35. The number of phenolic OH excluding ortho intramolecular Hbond substituents is 1. The number of rotatable bonds is 7. The van der Waals surface area contributed by atoms with E-state index in [1.54, 1.807) is 53.3 Å². The summed E-state index contributed by atoms with van der Waals surface area (Å²) in [6, 6.07) is 0.670. The van der Waals surface area contributed by atoms with Crippen LogP contribution in [0.15, 0.2) is 28.7 Å². The number of amides is 2. The Bertz CT molecular complexity index is 1410. The number of carbonyl (C=O) groups excluding carboxylic acids is 4. The Kier molecular flexibility index (Phi) is 7.67. The lowest BCUT2D eigenvalue weighted by atomic mass is 9.58. The normalized spacial score (nSPS) is 25.6. The summed E-state index contributed by atoms with van der Waals surface area (Å²) in [5, 5.41) is 48.3. The first-order valence-corrected chi connectivity index (χ1v) is 13.2. The molecule has 0 aromatic heterocycles. The first kappa shape index (κ1) is 30.0. The number of aliphatic hydroxyl groups is 3. The smallest absolute Gasteiger partial charge is 0.255 e. The highest BCUT2D eigenvalue weighted by atomic mass is 16.3. The number of aromatic hydroxyl groups is 1. The van der Waals surface area contributed by atoms with Crippen molar-refractivity contribution in [2.45, 2.75) is 31.0 Å². The van der Waals surface area contributed by atoms with Crippen molar-refractivity contribution in [1.29, 1.82) is 0 Å². The number of nitrogens with one attached hydrogen (secondary N) is 1. The van der Waals surface area contributed by atoms with Gasteiger partial charge in [-0.3, -0.25) is 24.1 Å². The summed E-state index contributed by atoms with van der Waals surface area (Å²) in [5.41, 5.74) is 3.03. The van der Waals surface area contributed by atoms with Crippen molar-refractivity contribution in [3.63, 3.8) is 0 Å². The Labute approximate surface area is 237 Å². The number of anilines is 1. The minimum atomic E-state index is -2.70. The SMILES string of the molecule is CN(C)C(=O)CNCc1cc(N(C)C)c2c(c1O)C(=O)C1=C(O)[C@]3(O)C(=O)C(C(N)=O)=C(O)[C@@H](N(C)C)[C@@H]3C[C@@H]1C2. The second-order valence-corrected chi connectivity index (χ2v) is 11.5. The fraction of sp³-hybridized carbons (Fsp3) is 0.500. The number of nitrogens with two attached hydrogens (primary N) is 1. The monoisotopic (exact) mass is 571 g/mol. The van der Waals surface area contributed by atoms with Crippen LogP contribution in [0.4, 0.5) is 5.69 Å². The second-order valence-electron chi connectivity index (χ2n) is 11.5. The number of fused-ring (bicyclic) bond motifs is 3. The number of carbonyl (C=O) groups is 4. The quantitative estimate of drug-likeness (QED) is 0.228. The molecule has 13 heteroatoms. The molecule has 1 aromatic rings. The van der Waals surface area contributed by atoms with Crippen molar-refractivity contribution in [3.05, 3.63) is 45.4 Å². The maximum absolute atomic E-state index is 14.0. The molecule has 0 fully saturated rings. The summed E-state index contributed by atoms with van der Waals surface area (Å²) in [6.45, 7) is 0.0528. The lowest BCUT2D eigenvalue weighted by Gasteiger charge is -2.50. The summed E-state index contributed by atoms with van der Waals surface area (Å²) in [4.78, 5) is 56.3. The van der Waals surface area contributed by atoms with Gasteiger partial charge in [0.1, 0.15) is 22.8 Å². The zero-order chi connectivity index (χ0) is 30.7. The third-order valence-corrected chi connectivity index (χ3v) is 8.35. The van der Waals surface area contributed by atoms with Crippen LogP contribution in [0.1, 0.15) is 27.9 Å². The van der Waals surface area contributed by atoms with Gasteiger partial charge in [-0.25, -0.2) is 0 Å². The van der Waals surface area contributed by atoms with Gasteiger partial charge in [-0.15, -0.1) is 0 Å². The minimum absolute atomic E-state index is 0.00504. The van der Waals surface area contributed by atoms with E-state index >= 15 is 0 Å². The van der Waals surface area contributed by atoms with Crippen molar-refractivity contribution >= 4 is 29.1 Å². The number of allylic oxidation sites excluding steroid dienone is 1. The van der Waals surface area contributed by atoms with Crippen LogP contribution in [-0.4, -0.2) is 114 Å². The molecule has 0 radical (unpaired) electrons. The molecule has 0 unspecified atom stereocenters. The van der Waals surface area contributed by atoms with Crippen LogP contribution in [0.25, 0.3) is 0 Å². The predicted molar refractivity (Wildman–Crippen MR) is 148 cm³/mol. The van der Waals surface area contributed by atoms with Crippen LogP contribution in [0, 0.1) is 11.8 Å². The maximum Gasteiger partial charge on any atom is 0.255 e. The molecule has 0 saturated carbocycles. The molecule has 1 aromatic carbocycles. The van der Waals surface area contributed by atoms with E-state index in [9.17, 15) is 39.6 Å².